The van der Waals surface area contributed by atoms with Crippen molar-refractivity contribution < 1.29 is 14.3 Å². The van der Waals surface area contributed by atoms with E-state index < -0.39 is 6.04 Å². The first-order valence-electron chi connectivity index (χ1n) is 7.12. The summed E-state index contributed by atoms with van der Waals surface area (Å²) in [5.74, 6) is 1.14. The van der Waals surface area contributed by atoms with Crippen molar-refractivity contribution in [2.45, 2.75) is 33.2 Å². The molecule has 1 rings (SSSR count). The predicted molar refractivity (Wildman–Crippen MR) is 79.8 cm³/mol. The fourth-order valence-corrected chi connectivity index (χ4v) is 1.89. The van der Waals surface area contributed by atoms with E-state index in [1.165, 1.54) is 7.11 Å². The lowest BCUT2D eigenvalue weighted by molar-refractivity contribution is -0.143. The van der Waals surface area contributed by atoms with E-state index in [4.69, 9.17) is 9.47 Å². The molecule has 0 aliphatic heterocycles. The van der Waals surface area contributed by atoms with Gasteiger partial charge in [0.25, 0.3) is 0 Å². The highest BCUT2D eigenvalue weighted by atomic mass is 16.5. The molecular weight excluding hydrogens is 254 g/mol. The van der Waals surface area contributed by atoms with Crippen LogP contribution < -0.4 is 10.1 Å². The van der Waals surface area contributed by atoms with Crippen LogP contribution in [0.25, 0.3) is 0 Å². The molecule has 0 saturated heterocycles. The number of hydrogen-bond acceptors (Lipinski definition) is 4. The Bertz CT molecular complexity index is 401. The van der Waals surface area contributed by atoms with Crippen LogP contribution in [0.1, 0.15) is 38.8 Å². The molecule has 0 heterocycles. The van der Waals surface area contributed by atoms with Gasteiger partial charge >= 0.3 is 5.97 Å². The Labute approximate surface area is 121 Å². The zero-order valence-electron chi connectivity index (χ0n) is 12.8. The molecule has 1 N–H and O–H groups in total. The van der Waals surface area contributed by atoms with Crippen LogP contribution in [0.4, 0.5) is 0 Å². The van der Waals surface area contributed by atoms with Crippen molar-refractivity contribution in [2.24, 2.45) is 5.92 Å². The van der Waals surface area contributed by atoms with Gasteiger partial charge in [-0.2, -0.15) is 0 Å². The summed E-state index contributed by atoms with van der Waals surface area (Å²) < 4.78 is 10.3. The molecule has 20 heavy (non-hydrogen) atoms. The summed E-state index contributed by atoms with van der Waals surface area (Å²) in [4.78, 5) is 11.9. The van der Waals surface area contributed by atoms with Crippen molar-refractivity contribution in [3.63, 3.8) is 0 Å². The number of carbonyl (C=O) groups excluding carboxylic acids is 1. The maximum atomic E-state index is 11.9. The van der Waals surface area contributed by atoms with Gasteiger partial charge in [-0.15, -0.1) is 0 Å². The van der Waals surface area contributed by atoms with Crippen molar-refractivity contribution in [1.82, 2.24) is 5.32 Å². The van der Waals surface area contributed by atoms with Crippen LogP contribution in [0.2, 0.25) is 0 Å². The molecule has 0 radical (unpaired) electrons. The number of esters is 1. The number of rotatable bonds is 8. The summed E-state index contributed by atoms with van der Waals surface area (Å²) in [5.41, 5.74) is 0.893. The lowest BCUT2D eigenvalue weighted by atomic mass is 10.1. The van der Waals surface area contributed by atoms with E-state index in [0.717, 1.165) is 24.3 Å². The topological polar surface area (TPSA) is 47.6 Å². The van der Waals surface area contributed by atoms with E-state index in [0.29, 0.717) is 12.5 Å². The minimum Gasteiger partial charge on any atom is -0.494 e. The Morgan fingerprint density at radius 3 is 2.40 bits per heavy atom. The zero-order valence-corrected chi connectivity index (χ0v) is 12.8. The van der Waals surface area contributed by atoms with E-state index in [1.54, 1.807) is 0 Å². The molecule has 0 bridgehead atoms. The zero-order chi connectivity index (χ0) is 15.0. The van der Waals surface area contributed by atoms with Crippen molar-refractivity contribution in [2.75, 3.05) is 20.3 Å². The lowest BCUT2D eigenvalue weighted by Gasteiger charge is -2.18. The van der Waals surface area contributed by atoms with Crippen LogP contribution in [0.3, 0.4) is 0 Å². The number of nitrogens with one attached hydrogen (secondary N) is 1. The quantitative estimate of drug-likeness (QED) is 0.743. The van der Waals surface area contributed by atoms with E-state index in [1.807, 2.05) is 31.2 Å². The van der Waals surface area contributed by atoms with Gasteiger partial charge in [-0.3, -0.25) is 0 Å². The van der Waals surface area contributed by atoms with E-state index in [-0.39, 0.29) is 5.97 Å². The van der Waals surface area contributed by atoms with Crippen molar-refractivity contribution in [3.8, 4) is 5.75 Å². The normalized spacial score (nSPS) is 12.2. The Balaban J connectivity index is 2.73. The number of benzene rings is 1. The van der Waals surface area contributed by atoms with Gasteiger partial charge in [0.2, 0.25) is 0 Å². The second-order valence-electron chi connectivity index (χ2n) is 5.09. The van der Waals surface area contributed by atoms with Gasteiger partial charge in [-0.05, 0) is 43.5 Å². The smallest absolute Gasteiger partial charge is 0.327 e. The van der Waals surface area contributed by atoms with Crippen molar-refractivity contribution >= 4 is 5.97 Å². The highest BCUT2D eigenvalue weighted by Crippen LogP contribution is 2.19. The summed E-state index contributed by atoms with van der Waals surface area (Å²) in [7, 11) is 1.41. The summed E-state index contributed by atoms with van der Waals surface area (Å²) in [5, 5.41) is 3.25. The minimum absolute atomic E-state index is 0.266. The largest absolute Gasteiger partial charge is 0.494 e. The predicted octanol–water partition coefficient (Wildman–Crippen LogP) is 2.94. The summed E-state index contributed by atoms with van der Waals surface area (Å²) in [6.45, 7) is 7.67. The first-order chi connectivity index (χ1) is 9.58. The molecule has 112 valence electrons. The SMILES string of the molecule is CCOc1ccc(C(NCCC(C)C)C(=O)OC)cc1. The van der Waals surface area contributed by atoms with E-state index in [2.05, 4.69) is 19.2 Å². The van der Waals surface area contributed by atoms with Crippen LogP contribution >= 0.6 is 0 Å². The first-order valence-corrected chi connectivity index (χ1v) is 7.12. The van der Waals surface area contributed by atoms with Gasteiger partial charge in [-0.1, -0.05) is 26.0 Å². The maximum absolute atomic E-state index is 11.9. The number of methoxy groups -OCH3 is 1. The van der Waals surface area contributed by atoms with Crippen molar-refractivity contribution in [3.05, 3.63) is 29.8 Å². The molecule has 1 atom stereocenters. The Kier molecular flexibility index (Phi) is 7.09. The van der Waals surface area contributed by atoms with Crippen LogP contribution in [0.5, 0.6) is 5.75 Å². The third-order valence-corrected chi connectivity index (χ3v) is 3.03. The minimum atomic E-state index is -0.422. The summed E-state index contributed by atoms with van der Waals surface area (Å²) in [6, 6.07) is 7.12. The van der Waals surface area contributed by atoms with Crippen molar-refractivity contribution in [1.29, 1.82) is 0 Å². The highest BCUT2D eigenvalue weighted by molar-refractivity contribution is 5.77. The molecule has 0 amide bonds. The number of ether oxygens (including phenoxy) is 2. The van der Waals surface area contributed by atoms with Crippen LogP contribution in [0.15, 0.2) is 24.3 Å². The molecule has 1 unspecified atom stereocenters. The van der Waals surface area contributed by atoms with E-state index in [9.17, 15) is 4.79 Å². The van der Waals surface area contributed by atoms with E-state index >= 15 is 0 Å². The Morgan fingerprint density at radius 1 is 1.25 bits per heavy atom. The monoisotopic (exact) mass is 279 g/mol. The molecule has 4 nitrogen and oxygen atoms in total. The first kappa shape index (κ1) is 16.5. The highest BCUT2D eigenvalue weighted by Gasteiger charge is 2.20. The van der Waals surface area contributed by atoms with Crippen LogP contribution in [-0.2, 0) is 9.53 Å². The fourth-order valence-electron chi connectivity index (χ4n) is 1.89. The molecule has 4 heteroatoms. The number of carbonyl (C=O) groups is 1. The van der Waals surface area contributed by atoms with Gasteiger partial charge in [0.05, 0.1) is 13.7 Å². The van der Waals surface area contributed by atoms with Gasteiger partial charge < -0.3 is 14.8 Å². The maximum Gasteiger partial charge on any atom is 0.327 e. The van der Waals surface area contributed by atoms with Gasteiger partial charge in [0, 0.05) is 0 Å². The summed E-state index contributed by atoms with van der Waals surface area (Å²) >= 11 is 0. The van der Waals surface area contributed by atoms with Crippen LogP contribution in [0, 0.1) is 5.92 Å². The fraction of sp³-hybridized carbons (Fsp3) is 0.562. The Hall–Kier alpha value is -1.55. The van der Waals surface area contributed by atoms with Gasteiger partial charge in [0.1, 0.15) is 11.8 Å². The molecule has 1 aromatic carbocycles. The second-order valence-corrected chi connectivity index (χ2v) is 5.09. The molecular formula is C16H25NO3. The molecule has 0 saturated carbocycles. The van der Waals surface area contributed by atoms with Gasteiger partial charge in [0.15, 0.2) is 0 Å². The van der Waals surface area contributed by atoms with Gasteiger partial charge in [-0.25, -0.2) is 4.79 Å². The Morgan fingerprint density at radius 2 is 1.90 bits per heavy atom. The third kappa shape index (κ3) is 5.21. The van der Waals surface area contributed by atoms with Crippen LogP contribution in [-0.4, -0.2) is 26.2 Å². The molecule has 0 aromatic heterocycles. The molecule has 0 aliphatic carbocycles. The molecule has 0 fully saturated rings. The average Bonchev–Trinajstić information content (AvgIpc) is 2.44. The number of hydrogen-bond donors (Lipinski definition) is 1. The molecule has 0 spiro atoms. The molecule has 0 aliphatic rings. The second kappa shape index (κ2) is 8.59. The summed E-state index contributed by atoms with van der Waals surface area (Å²) in [6.07, 6.45) is 1.02. The average molecular weight is 279 g/mol. The molecule has 1 aromatic rings. The standard InChI is InChI=1S/C16H25NO3/c1-5-20-14-8-6-13(7-9-14)15(16(18)19-4)17-11-10-12(2)3/h6-9,12,15,17H,5,10-11H2,1-4H3. The third-order valence-electron chi connectivity index (χ3n) is 3.03. The lowest BCUT2D eigenvalue weighted by Crippen LogP contribution is -2.30.